The topological polar surface area (TPSA) is 38.9 Å². The maximum Gasteiger partial charge on any atom is 0.258 e. The number of halogens is 1. The van der Waals surface area contributed by atoms with Crippen molar-refractivity contribution < 1.29 is 4.52 Å². The van der Waals surface area contributed by atoms with Gasteiger partial charge in [0, 0.05) is 16.1 Å². The summed E-state index contributed by atoms with van der Waals surface area (Å²) in [4.78, 5) is 4.36. The van der Waals surface area contributed by atoms with Crippen LogP contribution in [0.2, 0.25) is 5.02 Å². The number of rotatable bonds is 2. The van der Waals surface area contributed by atoms with Gasteiger partial charge in [0.2, 0.25) is 5.82 Å². The van der Waals surface area contributed by atoms with Gasteiger partial charge in [0.25, 0.3) is 5.89 Å². The van der Waals surface area contributed by atoms with E-state index in [1.165, 1.54) is 0 Å². The molecule has 0 amide bonds. The van der Waals surface area contributed by atoms with Crippen LogP contribution in [-0.4, -0.2) is 10.1 Å². The fraction of sp³-hybridized carbons (Fsp3) is 0. The second-order valence-electron chi connectivity index (χ2n) is 3.80. The van der Waals surface area contributed by atoms with Crippen LogP contribution in [0, 0.1) is 0 Å². The molecule has 0 bridgehead atoms. The Balaban J connectivity index is 1.97. The van der Waals surface area contributed by atoms with E-state index in [0.29, 0.717) is 16.7 Å². The van der Waals surface area contributed by atoms with Gasteiger partial charge in [-0.2, -0.15) is 4.98 Å². The first-order valence-corrected chi connectivity index (χ1v) is 5.86. The number of aromatic nitrogens is 2. The highest BCUT2D eigenvalue weighted by atomic mass is 35.5. The van der Waals surface area contributed by atoms with Gasteiger partial charge in [-0.15, -0.1) is 0 Å². The molecule has 3 aromatic rings. The zero-order valence-corrected chi connectivity index (χ0v) is 10.1. The zero-order chi connectivity index (χ0) is 12.4. The van der Waals surface area contributed by atoms with Gasteiger partial charge < -0.3 is 4.52 Å². The van der Waals surface area contributed by atoms with Gasteiger partial charge in [-0.1, -0.05) is 35.0 Å². The molecule has 2 aromatic carbocycles. The van der Waals surface area contributed by atoms with Crippen LogP contribution in [0.5, 0.6) is 0 Å². The Morgan fingerprint density at radius 3 is 2.28 bits per heavy atom. The van der Waals surface area contributed by atoms with Crippen molar-refractivity contribution in [3.05, 3.63) is 59.6 Å². The van der Waals surface area contributed by atoms with Crippen LogP contribution in [0.4, 0.5) is 0 Å². The molecular weight excluding hydrogens is 248 g/mol. The predicted molar refractivity (Wildman–Crippen MR) is 70.2 cm³/mol. The van der Waals surface area contributed by atoms with Crippen molar-refractivity contribution in [2.75, 3.05) is 0 Å². The van der Waals surface area contributed by atoms with Gasteiger partial charge in [0.15, 0.2) is 0 Å². The van der Waals surface area contributed by atoms with Gasteiger partial charge in [-0.3, -0.25) is 0 Å². The van der Waals surface area contributed by atoms with E-state index in [1.807, 2.05) is 42.5 Å². The number of nitrogens with zero attached hydrogens (tertiary/aromatic N) is 2. The molecular formula is C14H9ClN2O. The number of hydrogen-bond donors (Lipinski definition) is 0. The predicted octanol–water partition coefficient (Wildman–Crippen LogP) is 4.06. The van der Waals surface area contributed by atoms with Gasteiger partial charge in [-0.25, -0.2) is 0 Å². The lowest BCUT2D eigenvalue weighted by atomic mass is 10.2. The first-order chi connectivity index (χ1) is 8.83. The second kappa shape index (κ2) is 4.63. The number of benzene rings is 2. The fourth-order valence-electron chi connectivity index (χ4n) is 1.64. The highest BCUT2D eigenvalue weighted by Gasteiger charge is 2.09. The van der Waals surface area contributed by atoms with Crippen LogP contribution >= 0.6 is 11.6 Å². The lowest BCUT2D eigenvalue weighted by molar-refractivity contribution is 0.432. The summed E-state index contributed by atoms with van der Waals surface area (Å²) in [6.07, 6.45) is 0. The van der Waals surface area contributed by atoms with Crippen LogP contribution < -0.4 is 0 Å². The van der Waals surface area contributed by atoms with E-state index in [1.54, 1.807) is 12.1 Å². The third kappa shape index (κ3) is 2.13. The molecule has 0 spiro atoms. The van der Waals surface area contributed by atoms with E-state index in [0.717, 1.165) is 11.1 Å². The molecule has 0 atom stereocenters. The third-order valence-corrected chi connectivity index (χ3v) is 2.80. The van der Waals surface area contributed by atoms with Crippen LogP contribution in [0.3, 0.4) is 0 Å². The SMILES string of the molecule is Clc1ccc(-c2noc(-c3ccccc3)n2)cc1. The summed E-state index contributed by atoms with van der Waals surface area (Å²) in [5, 5.41) is 4.65. The molecule has 0 unspecified atom stereocenters. The molecule has 0 fully saturated rings. The molecule has 0 saturated carbocycles. The standard InChI is InChI=1S/C14H9ClN2O/c15-12-8-6-10(7-9-12)13-16-14(18-17-13)11-4-2-1-3-5-11/h1-9H. The lowest BCUT2D eigenvalue weighted by Gasteiger charge is -1.93. The second-order valence-corrected chi connectivity index (χ2v) is 4.23. The Bertz CT molecular complexity index is 647. The minimum Gasteiger partial charge on any atom is -0.334 e. The summed E-state index contributed by atoms with van der Waals surface area (Å²) >= 11 is 5.84. The smallest absolute Gasteiger partial charge is 0.258 e. The summed E-state index contributed by atoms with van der Waals surface area (Å²) in [5.41, 5.74) is 1.79. The molecule has 18 heavy (non-hydrogen) atoms. The third-order valence-electron chi connectivity index (χ3n) is 2.55. The van der Waals surface area contributed by atoms with Gasteiger partial charge in [0.1, 0.15) is 0 Å². The van der Waals surface area contributed by atoms with E-state index < -0.39 is 0 Å². The van der Waals surface area contributed by atoms with Crippen LogP contribution in [0.15, 0.2) is 59.1 Å². The molecule has 0 aliphatic carbocycles. The molecule has 4 heteroatoms. The Labute approximate surface area is 109 Å². The first kappa shape index (κ1) is 11.0. The van der Waals surface area contributed by atoms with Crippen LogP contribution in [-0.2, 0) is 0 Å². The largest absolute Gasteiger partial charge is 0.334 e. The van der Waals surface area contributed by atoms with Crippen LogP contribution in [0.25, 0.3) is 22.8 Å². The van der Waals surface area contributed by atoms with E-state index in [2.05, 4.69) is 10.1 Å². The van der Waals surface area contributed by atoms with Gasteiger partial charge in [0.05, 0.1) is 0 Å². The first-order valence-electron chi connectivity index (χ1n) is 5.48. The quantitative estimate of drug-likeness (QED) is 0.694. The maximum atomic E-state index is 5.84. The fourth-order valence-corrected chi connectivity index (χ4v) is 1.76. The molecule has 1 heterocycles. The summed E-state index contributed by atoms with van der Waals surface area (Å²) in [5.74, 6) is 1.08. The Kier molecular flexibility index (Phi) is 2.82. The molecule has 0 aliphatic rings. The zero-order valence-electron chi connectivity index (χ0n) is 9.38. The van der Waals surface area contributed by atoms with Crippen LogP contribution in [0.1, 0.15) is 0 Å². The Morgan fingerprint density at radius 2 is 1.56 bits per heavy atom. The Morgan fingerprint density at radius 1 is 0.833 bits per heavy atom. The minimum absolute atomic E-state index is 0.514. The van der Waals surface area contributed by atoms with Crippen molar-refractivity contribution >= 4 is 11.6 Å². The molecule has 3 rings (SSSR count). The van der Waals surface area contributed by atoms with Gasteiger partial charge >= 0.3 is 0 Å². The highest BCUT2D eigenvalue weighted by molar-refractivity contribution is 6.30. The minimum atomic E-state index is 0.514. The molecule has 0 aliphatic heterocycles. The van der Waals surface area contributed by atoms with Crippen molar-refractivity contribution in [1.29, 1.82) is 0 Å². The summed E-state index contributed by atoms with van der Waals surface area (Å²) < 4.78 is 5.24. The van der Waals surface area contributed by atoms with Gasteiger partial charge in [-0.05, 0) is 36.4 Å². The average Bonchev–Trinajstić information content (AvgIpc) is 2.90. The summed E-state index contributed by atoms with van der Waals surface area (Å²) in [7, 11) is 0. The van der Waals surface area contributed by atoms with Crippen molar-refractivity contribution in [1.82, 2.24) is 10.1 Å². The van der Waals surface area contributed by atoms with Crippen molar-refractivity contribution in [2.45, 2.75) is 0 Å². The molecule has 0 radical (unpaired) electrons. The van der Waals surface area contributed by atoms with E-state index in [-0.39, 0.29) is 0 Å². The molecule has 0 saturated heterocycles. The highest BCUT2D eigenvalue weighted by Crippen LogP contribution is 2.22. The maximum absolute atomic E-state index is 5.84. The lowest BCUT2D eigenvalue weighted by Crippen LogP contribution is -1.80. The summed E-state index contributed by atoms with van der Waals surface area (Å²) in [6.45, 7) is 0. The van der Waals surface area contributed by atoms with E-state index >= 15 is 0 Å². The number of hydrogen-bond acceptors (Lipinski definition) is 3. The van der Waals surface area contributed by atoms with E-state index in [9.17, 15) is 0 Å². The van der Waals surface area contributed by atoms with Crippen molar-refractivity contribution in [2.24, 2.45) is 0 Å². The molecule has 88 valence electrons. The normalized spacial score (nSPS) is 10.5. The molecule has 3 nitrogen and oxygen atoms in total. The molecule has 0 N–H and O–H groups in total. The summed E-state index contributed by atoms with van der Waals surface area (Å²) in [6, 6.07) is 17.0. The monoisotopic (exact) mass is 256 g/mol. The molecule has 1 aromatic heterocycles. The van der Waals surface area contributed by atoms with Crippen molar-refractivity contribution in [3.63, 3.8) is 0 Å². The van der Waals surface area contributed by atoms with E-state index in [4.69, 9.17) is 16.1 Å². The Hall–Kier alpha value is -2.13. The average molecular weight is 257 g/mol. The van der Waals surface area contributed by atoms with Crippen molar-refractivity contribution in [3.8, 4) is 22.8 Å².